The van der Waals surface area contributed by atoms with Gasteiger partial charge in [-0.2, -0.15) is 0 Å². The molecule has 0 aromatic carbocycles. The first-order chi connectivity index (χ1) is 6.58. The predicted molar refractivity (Wildman–Crippen MR) is 48.6 cm³/mol. The fraction of sp³-hybridized carbons (Fsp3) is 0.600. The van der Waals surface area contributed by atoms with Gasteiger partial charge in [0.15, 0.2) is 11.4 Å². The Morgan fingerprint density at radius 3 is 2.71 bits per heavy atom. The van der Waals surface area contributed by atoms with E-state index in [0.717, 1.165) is 0 Å². The molecule has 0 bridgehead atoms. The molecule has 1 N–H and O–H groups in total. The van der Waals surface area contributed by atoms with Crippen LogP contribution in [0.2, 0.25) is 0 Å². The maximum Gasteiger partial charge on any atom is 0.175 e. The molecule has 1 fully saturated rings. The van der Waals surface area contributed by atoms with Gasteiger partial charge in [0.25, 0.3) is 0 Å². The topological polar surface area (TPSA) is 51.8 Å². The van der Waals surface area contributed by atoms with Crippen molar-refractivity contribution >= 4 is 0 Å². The van der Waals surface area contributed by atoms with Crippen molar-refractivity contribution in [3.05, 3.63) is 24.2 Å². The summed E-state index contributed by atoms with van der Waals surface area (Å²) >= 11 is 0. The van der Waals surface area contributed by atoms with E-state index < -0.39 is 11.4 Å². The second kappa shape index (κ2) is 3.08. The summed E-state index contributed by atoms with van der Waals surface area (Å²) in [6, 6.07) is 3.54. The van der Waals surface area contributed by atoms with E-state index in [9.17, 15) is 5.11 Å². The van der Waals surface area contributed by atoms with Gasteiger partial charge in [-0.25, -0.2) is 0 Å². The van der Waals surface area contributed by atoms with Crippen molar-refractivity contribution in [2.24, 2.45) is 0 Å². The lowest BCUT2D eigenvalue weighted by molar-refractivity contribution is -0.176. The molecule has 0 radical (unpaired) electrons. The SMILES string of the molecule is CC1(C)OC[C@](CO)(c2ccco2)O1. The van der Waals surface area contributed by atoms with Crippen LogP contribution in [0.1, 0.15) is 19.6 Å². The Labute approximate surface area is 82.4 Å². The molecule has 0 spiro atoms. The predicted octanol–water partition coefficient (Wildman–Crippen LogP) is 1.25. The van der Waals surface area contributed by atoms with Crippen LogP contribution in [0.15, 0.2) is 22.8 Å². The fourth-order valence-electron chi connectivity index (χ4n) is 1.63. The largest absolute Gasteiger partial charge is 0.466 e. The second-order valence-electron chi connectivity index (χ2n) is 3.92. The molecular formula is C10H14O4. The number of aliphatic hydroxyl groups excluding tert-OH is 1. The van der Waals surface area contributed by atoms with Gasteiger partial charge >= 0.3 is 0 Å². The van der Waals surface area contributed by atoms with Gasteiger partial charge in [0.2, 0.25) is 0 Å². The molecule has 1 aromatic heterocycles. The van der Waals surface area contributed by atoms with Crippen molar-refractivity contribution in [3.8, 4) is 0 Å². The zero-order valence-electron chi connectivity index (χ0n) is 8.32. The monoisotopic (exact) mass is 198 g/mol. The molecule has 2 heterocycles. The first-order valence-electron chi connectivity index (χ1n) is 4.57. The molecule has 14 heavy (non-hydrogen) atoms. The minimum absolute atomic E-state index is 0.149. The Kier molecular flexibility index (Phi) is 2.14. The van der Waals surface area contributed by atoms with Gasteiger partial charge in [0.1, 0.15) is 5.76 Å². The Bertz CT molecular complexity index is 304. The van der Waals surface area contributed by atoms with Crippen LogP contribution in [-0.2, 0) is 15.1 Å². The Hall–Kier alpha value is -0.840. The number of hydrogen-bond acceptors (Lipinski definition) is 4. The number of rotatable bonds is 2. The van der Waals surface area contributed by atoms with E-state index in [1.807, 2.05) is 13.8 Å². The Morgan fingerprint density at radius 1 is 1.50 bits per heavy atom. The second-order valence-corrected chi connectivity index (χ2v) is 3.92. The maximum atomic E-state index is 9.36. The van der Waals surface area contributed by atoms with E-state index >= 15 is 0 Å². The van der Waals surface area contributed by atoms with E-state index in [-0.39, 0.29) is 6.61 Å². The van der Waals surface area contributed by atoms with Crippen LogP contribution in [0.3, 0.4) is 0 Å². The zero-order valence-corrected chi connectivity index (χ0v) is 8.32. The summed E-state index contributed by atoms with van der Waals surface area (Å²) in [5.41, 5.74) is -0.840. The molecule has 78 valence electrons. The van der Waals surface area contributed by atoms with Crippen molar-refractivity contribution in [2.45, 2.75) is 25.2 Å². The third-order valence-electron chi connectivity index (χ3n) is 2.32. The molecule has 4 nitrogen and oxygen atoms in total. The van der Waals surface area contributed by atoms with Crippen molar-refractivity contribution in [1.29, 1.82) is 0 Å². The summed E-state index contributed by atoms with van der Waals surface area (Å²) < 4.78 is 16.3. The van der Waals surface area contributed by atoms with Gasteiger partial charge in [-0.3, -0.25) is 0 Å². The van der Waals surface area contributed by atoms with E-state index in [1.54, 1.807) is 18.4 Å². The van der Waals surface area contributed by atoms with E-state index in [2.05, 4.69) is 0 Å². The van der Waals surface area contributed by atoms with E-state index in [1.165, 1.54) is 0 Å². The lowest BCUT2D eigenvalue weighted by Crippen LogP contribution is -2.34. The Balaban J connectivity index is 2.29. The average molecular weight is 198 g/mol. The minimum Gasteiger partial charge on any atom is -0.466 e. The molecule has 1 atom stereocenters. The summed E-state index contributed by atoms with van der Waals surface area (Å²) in [5, 5.41) is 9.36. The zero-order chi connectivity index (χ0) is 10.2. The van der Waals surface area contributed by atoms with Crippen LogP contribution >= 0.6 is 0 Å². The van der Waals surface area contributed by atoms with Crippen LogP contribution in [0.5, 0.6) is 0 Å². The lowest BCUT2D eigenvalue weighted by Gasteiger charge is -2.24. The van der Waals surface area contributed by atoms with E-state index in [4.69, 9.17) is 13.9 Å². The van der Waals surface area contributed by atoms with Crippen molar-refractivity contribution in [3.63, 3.8) is 0 Å². The number of aliphatic hydroxyl groups is 1. The minimum atomic E-state index is -0.840. The highest BCUT2D eigenvalue weighted by Gasteiger charge is 2.48. The van der Waals surface area contributed by atoms with Crippen LogP contribution in [0, 0.1) is 0 Å². The summed E-state index contributed by atoms with van der Waals surface area (Å²) in [6.45, 7) is 3.79. The first-order valence-corrected chi connectivity index (χ1v) is 4.57. The lowest BCUT2D eigenvalue weighted by atomic mass is 10.0. The first kappa shape index (κ1) is 9.71. The highest BCUT2D eigenvalue weighted by Crippen LogP contribution is 2.38. The normalized spacial score (nSPS) is 30.8. The molecule has 1 aliphatic heterocycles. The van der Waals surface area contributed by atoms with Gasteiger partial charge in [-0.15, -0.1) is 0 Å². The fourth-order valence-corrected chi connectivity index (χ4v) is 1.63. The smallest absolute Gasteiger partial charge is 0.175 e. The van der Waals surface area contributed by atoms with Crippen molar-refractivity contribution in [2.75, 3.05) is 13.2 Å². The van der Waals surface area contributed by atoms with Gasteiger partial charge in [-0.05, 0) is 26.0 Å². The van der Waals surface area contributed by atoms with E-state index in [0.29, 0.717) is 12.4 Å². The van der Waals surface area contributed by atoms with Crippen LogP contribution < -0.4 is 0 Å². The number of ether oxygens (including phenoxy) is 2. The summed E-state index contributed by atoms with van der Waals surface area (Å²) in [4.78, 5) is 0. The number of furan rings is 1. The van der Waals surface area contributed by atoms with Crippen LogP contribution in [0.25, 0.3) is 0 Å². The third-order valence-corrected chi connectivity index (χ3v) is 2.32. The third kappa shape index (κ3) is 1.45. The molecule has 4 heteroatoms. The molecule has 0 saturated carbocycles. The summed E-state index contributed by atoms with van der Waals surface area (Å²) in [7, 11) is 0. The Morgan fingerprint density at radius 2 is 2.29 bits per heavy atom. The summed E-state index contributed by atoms with van der Waals surface area (Å²) in [6.07, 6.45) is 1.56. The van der Waals surface area contributed by atoms with Gasteiger partial charge in [-0.1, -0.05) is 0 Å². The van der Waals surface area contributed by atoms with Crippen molar-refractivity contribution in [1.82, 2.24) is 0 Å². The molecule has 1 aromatic rings. The molecule has 0 amide bonds. The van der Waals surface area contributed by atoms with Crippen LogP contribution in [-0.4, -0.2) is 24.1 Å². The molecule has 1 saturated heterocycles. The highest BCUT2D eigenvalue weighted by molar-refractivity contribution is 5.12. The number of hydrogen-bond donors (Lipinski definition) is 1. The summed E-state index contributed by atoms with van der Waals surface area (Å²) in [5.74, 6) is -0.0687. The standard InChI is InChI=1S/C10H14O4/c1-9(2)13-7-10(6-11,14-9)8-4-3-5-12-8/h3-5,11H,6-7H2,1-2H3/t10-/m1/s1. The molecule has 2 rings (SSSR count). The van der Waals surface area contributed by atoms with Gasteiger partial charge in [0.05, 0.1) is 19.5 Å². The average Bonchev–Trinajstić information content (AvgIpc) is 2.72. The maximum absolute atomic E-state index is 9.36. The quantitative estimate of drug-likeness (QED) is 0.777. The van der Waals surface area contributed by atoms with Gasteiger partial charge < -0.3 is 19.0 Å². The van der Waals surface area contributed by atoms with Crippen molar-refractivity contribution < 1.29 is 19.0 Å². The van der Waals surface area contributed by atoms with Crippen LogP contribution in [0.4, 0.5) is 0 Å². The highest BCUT2D eigenvalue weighted by atomic mass is 16.8. The molecular weight excluding hydrogens is 184 g/mol. The molecule has 0 aliphatic carbocycles. The molecule has 0 unspecified atom stereocenters. The molecule has 1 aliphatic rings. The van der Waals surface area contributed by atoms with Gasteiger partial charge in [0, 0.05) is 0 Å².